The number of nitrogens with one attached hydrogen (secondary N) is 1. The first-order valence-corrected chi connectivity index (χ1v) is 12.6. The van der Waals surface area contributed by atoms with Gasteiger partial charge in [0.05, 0.1) is 44.2 Å². The van der Waals surface area contributed by atoms with Crippen LogP contribution in [-0.2, 0) is 0 Å². The van der Waals surface area contributed by atoms with Crippen molar-refractivity contribution in [2.75, 3.05) is 52.9 Å². The van der Waals surface area contributed by atoms with Crippen LogP contribution in [0.15, 0.2) is 66.9 Å². The molecule has 0 amide bonds. The molecule has 0 aliphatic rings. The van der Waals surface area contributed by atoms with Gasteiger partial charge >= 0.3 is 0 Å². The van der Waals surface area contributed by atoms with Crippen molar-refractivity contribution in [3.05, 3.63) is 72.4 Å². The summed E-state index contributed by atoms with van der Waals surface area (Å²) in [5.74, 6) is 3.04. The number of pyridine rings is 1. The molecule has 1 heterocycles. The lowest BCUT2D eigenvalue weighted by Crippen LogP contribution is -2.24. The first kappa shape index (κ1) is 27.5. The second kappa shape index (κ2) is 13.3. The third-order valence-corrected chi connectivity index (χ3v) is 6.12. The number of anilines is 2. The summed E-state index contributed by atoms with van der Waals surface area (Å²) in [6, 6.07) is 20.8. The molecule has 9 nitrogen and oxygen atoms in total. The maximum Gasteiger partial charge on any atom is 0.169 e. The molecule has 2 N–H and O–H groups in total. The molecule has 4 aromatic rings. The Hall–Kier alpha value is -4.52. The highest BCUT2D eigenvalue weighted by molar-refractivity contribution is 5.97. The van der Waals surface area contributed by atoms with E-state index in [1.54, 1.807) is 20.4 Å². The first-order valence-electron chi connectivity index (χ1n) is 12.6. The molecule has 0 saturated carbocycles. The van der Waals surface area contributed by atoms with Gasteiger partial charge in [0.25, 0.3) is 0 Å². The minimum absolute atomic E-state index is 0.128. The molecule has 0 spiro atoms. The van der Waals surface area contributed by atoms with Gasteiger partial charge < -0.3 is 34.3 Å². The van der Waals surface area contributed by atoms with E-state index in [2.05, 4.69) is 16.4 Å². The van der Waals surface area contributed by atoms with Crippen molar-refractivity contribution in [2.24, 2.45) is 0 Å². The standard InChI is InChI=1S/C30H32N4O5/c1-34(14-15-35)13-6-16-38-29-18-25-24(17-28(29)37-3)30(21(19-31)20-32-25)33-22-9-11-23(12-10-22)39-27-8-5-4-7-26(27)36-2/h4-5,7-12,17-18,20,35H,6,13-16H2,1-3H3,(H,32,33). The lowest BCUT2D eigenvalue weighted by molar-refractivity contribution is 0.206. The van der Waals surface area contributed by atoms with E-state index < -0.39 is 0 Å². The fourth-order valence-electron chi connectivity index (χ4n) is 4.07. The van der Waals surface area contributed by atoms with Crippen molar-refractivity contribution in [1.82, 2.24) is 9.88 Å². The number of rotatable bonds is 13. The molecule has 3 aromatic carbocycles. The Balaban J connectivity index is 1.54. The van der Waals surface area contributed by atoms with E-state index in [0.717, 1.165) is 24.0 Å². The molecule has 9 heteroatoms. The topological polar surface area (TPSA) is 109 Å². The summed E-state index contributed by atoms with van der Waals surface area (Å²) in [6.45, 7) is 2.04. The Morgan fingerprint density at radius 1 is 0.949 bits per heavy atom. The van der Waals surface area contributed by atoms with Crippen molar-refractivity contribution in [2.45, 2.75) is 6.42 Å². The van der Waals surface area contributed by atoms with Crippen LogP contribution in [0.5, 0.6) is 28.7 Å². The number of fused-ring (bicyclic) bond motifs is 1. The predicted molar refractivity (Wildman–Crippen MR) is 150 cm³/mol. The second-order valence-corrected chi connectivity index (χ2v) is 8.81. The normalized spacial score (nSPS) is 10.8. The Morgan fingerprint density at radius 3 is 2.38 bits per heavy atom. The summed E-state index contributed by atoms with van der Waals surface area (Å²) in [6.07, 6.45) is 2.34. The highest BCUT2D eigenvalue weighted by Crippen LogP contribution is 2.38. The number of aromatic nitrogens is 1. The maximum atomic E-state index is 9.78. The number of likely N-dealkylation sites (N-methyl/N-ethyl adjacent to an activating group) is 1. The highest BCUT2D eigenvalue weighted by Gasteiger charge is 2.15. The molecule has 0 atom stereocenters. The highest BCUT2D eigenvalue weighted by atomic mass is 16.5. The number of nitriles is 1. The van der Waals surface area contributed by atoms with E-state index in [1.165, 1.54) is 0 Å². The number of aliphatic hydroxyl groups is 1. The van der Waals surface area contributed by atoms with Crippen LogP contribution in [0, 0.1) is 11.3 Å². The minimum Gasteiger partial charge on any atom is -0.493 e. The number of para-hydroxylation sites is 2. The molecule has 4 rings (SSSR count). The number of methoxy groups -OCH3 is 2. The fourth-order valence-corrected chi connectivity index (χ4v) is 4.07. The van der Waals surface area contributed by atoms with Crippen molar-refractivity contribution in [1.29, 1.82) is 5.26 Å². The summed E-state index contributed by atoms with van der Waals surface area (Å²) in [7, 11) is 5.14. The van der Waals surface area contributed by atoms with E-state index in [1.807, 2.05) is 72.6 Å². The average Bonchev–Trinajstić information content (AvgIpc) is 2.96. The number of nitrogens with zero attached hydrogens (tertiary/aromatic N) is 3. The maximum absolute atomic E-state index is 9.78. The number of aliphatic hydroxyl groups excluding tert-OH is 1. The van der Waals surface area contributed by atoms with Crippen molar-refractivity contribution >= 4 is 22.3 Å². The fraction of sp³-hybridized carbons (Fsp3) is 0.267. The van der Waals surface area contributed by atoms with Crippen LogP contribution in [0.1, 0.15) is 12.0 Å². The molecule has 0 radical (unpaired) electrons. The van der Waals surface area contributed by atoms with Crippen LogP contribution in [-0.4, -0.2) is 62.6 Å². The largest absolute Gasteiger partial charge is 0.493 e. The van der Waals surface area contributed by atoms with Gasteiger partial charge in [0.1, 0.15) is 11.8 Å². The Kier molecular flexibility index (Phi) is 9.40. The number of ether oxygens (including phenoxy) is 4. The molecule has 39 heavy (non-hydrogen) atoms. The summed E-state index contributed by atoms with van der Waals surface area (Å²) in [4.78, 5) is 6.53. The molecule has 0 fully saturated rings. The SMILES string of the molecule is COc1cc2c(Nc3ccc(Oc4ccccc4OC)cc3)c(C#N)cnc2cc1OCCCN(C)CCO. The lowest BCUT2D eigenvalue weighted by atomic mass is 10.1. The second-order valence-electron chi connectivity index (χ2n) is 8.81. The smallest absolute Gasteiger partial charge is 0.169 e. The lowest BCUT2D eigenvalue weighted by Gasteiger charge is -2.17. The van der Waals surface area contributed by atoms with Gasteiger partial charge in [0.15, 0.2) is 23.0 Å². The molecule has 0 saturated heterocycles. The Bertz CT molecular complexity index is 1440. The zero-order valence-electron chi connectivity index (χ0n) is 22.3. The van der Waals surface area contributed by atoms with Crippen LogP contribution < -0.4 is 24.3 Å². The molecule has 0 aliphatic carbocycles. The quantitative estimate of drug-likeness (QED) is 0.222. The first-order chi connectivity index (χ1) is 19.1. The van der Waals surface area contributed by atoms with E-state index >= 15 is 0 Å². The molecule has 0 bridgehead atoms. The Labute approximate surface area is 228 Å². The average molecular weight is 529 g/mol. The monoisotopic (exact) mass is 528 g/mol. The summed E-state index contributed by atoms with van der Waals surface area (Å²) < 4.78 is 22.9. The molecule has 202 valence electrons. The number of hydrogen-bond acceptors (Lipinski definition) is 9. The minimum atomic E-state index is 0.128. The number of hydrogen-bond donors (Lipinski definition) is 2. The van der Waals surface area contributed by atoms with Gasteiger partial charge in [-0.15, -0.1) is 0 Å². The van der Waals surface area contributed by atoms with Crippen LogP contribution in [0.25, 0.3) is 10.9 Å². The molecule has 0 unspecified atom stereocenters. The van der Waals surface area contributed by atoms with Gasteiger partial charge in [-0.2, -0.15) is 5.26 Å². The van der Waals surface area contributed by atoms with Crippen LogP contribution in [0.3, 0.4) is 0 Å². The van der Waals surface area contributed by atoms with Gasteiger partial charge in [-0.25, -0.2) is 0 Å². The van der Waals surface area contributed by atoms with Crippen molar-refractivity contribution in [3.63, 3.8) is 0 Å². The van der Waals surface area contributed by atoms with Crippen molar-refractivity contribution in [3.8, 4) is 34.8 Å². The third kappa shape index (κ3) is 6.87. The summed E-state index contributed by atoms with van der Waals surface area (Å²) in [5.41, 5.74) is 2.47. The van der Waals surface area contributed by atoms with Gasteiger partial charge in [-0.05, 0) is 55.9 Å². The Morgan fingerprint density at radius 2 is 1.69 bits per heavy atom. The molecular weight excluding hydrogens is 496 g/mol. The van der Waals surface area contributed by atoms with Crippen LogP contribution in [0.4, 0.5) is 11.4 Å². The predicted octanol–water partition coefficient (Wildman–Crippen LogP) is 5.35. The molecule has 1 aromatic heterocycles. The van der Waals surface area contributed by atoms with Crippen LogP contribution in [0.2, 0.25) is 0 Å². The molecule has 0 aliphatic heterocycles. The van der Waals surface area contributed by atoms with E-state index in [0.29, 0.717) is 58.7 Å². The zero-order valence-corrected chi connectivity index (χ0v) is 22.3. The van der Waals surface area contributed by atoms with Crippen LogP contribution >= 0.6 is 0 Å². The number of benzene rings is 3. The van der Waals surface area contributed by atoms with E-state index in [4.69, 9.17) is 24.1 Å². The summed E-state index contributed by atoms with van der Waals surface area (Å²) in [5, 5.41) is 22.9. The molecular formula is C30H32N4O5. The van der Waals surface area contributed by atoms with Gasteiger partial charge in [0.2, 0.25) is 0 Å². The van der Waals surface area contributed by atoms with Gasteiger partial charge in [-0.1, -0.05) is 12.1 Å². The summed E-state index contributed by atoms with van der Waals surface area (Å²) >= 11 is 0. The van der Waals surface area contributed by atoms with Gasteiger partial charge in [-0.3, -0.25) is 4.98 Å². The van der Waals surface area contributed by atoms with E-state index in [9.17, 15) is 5.26 Å². The van der Waals surface area contributed by atoms with Gasteiger partial charge in [0, 0.05) is 36.4 Å². The third-order valence-electron chi connectivity index (χ3n) is 6.12. The zero-order chi connectivity index (χ0) is 27.6. The van der Waals surface area contributed by atoms with Crippen molar-refractivity contribution < 1.29 is 24.1 Å². The van der Waals surface area contributed by atoms with E-state index in [-0.39, 0.29) is 6.61 Å².